The quantitative estimate of drug-likeness (QED) is 0.104. The van der Waals surface area contributed by atoms with Crippen molar-refractivity contribution in [2.45, 2.75) is 108 Å². The number of aromatic hydroxyl groups is 1. The highest BCUT2D eigenvalue weighted by Gasteiger charge is 2.50. The lowest BCUT2D eigenvalue weighted by Gasteiger charge is -2.39. The molecule has 19 nitrogen and oxygen atoms in total. The van der Waals surface area contributed by atoms with Gasteiger partial charge in [0.1, 0.15) is 53.5 Å². The molecular weight excluding hydrogens is 993 g/mol. The SMILES string of the molecule is CCc1c(F)ccc2cc(O)cc(-c3ncc4c(N5CCC[C@@](C)(O)C5)nc(OCC56CCCN5[C@@H](COC(=O)N5CCN(CC7CCN(c8ccc(C(=O)NC9CCC(=O)NC9=O)nc8)CC7)CC5)CC6)nc4c3F)c12. The van der Waals surface area contributed by atoms with E-state index in [4.69, 9.17) is 19.4 Å². The molecule has 2 unspecified atom stereocenters. The number of nitrogens with zero attached hydrogens (tertiary/aromatic N) is 9. The molecule has 2 aromatic carbocycles. The van der Waals surface area contributed by atoms with Crippen molar-refractivity contribution in [1.82, 2.24) is 45.3 Å². The van der Waals surface area contributed by atoms with Gasteiger partial charge in [-0.2, -0.15) is 9.97 Å². The zero-order valence-electron chi connectivity index (χ0n) is 43.7. The third-order valence-corrected chi connectivity index (χ3v) is 16.9. The van der Waals surface area contributed by atoms with Gasteiger partial charge >= 0.3 is 12.1 Å². The molecule has 4 atom stereocenters. The molecular formula is C56H67F2N11O8. The maximum absolute atomic E-state index is 17.2. The Kier molecular flexibility index (Phi) is 14.6. The first kappa shape index (κ1) is 52.2. The van der Waals surface area contributed by atoms with Crippen LogP contribution in [0.4, 0.5) is 25.1 Å². The van der Waals surface area contributed by atoms with Gasteiger partial charge in [0.15, 0.2) is 5.82 Å². The van der Waals surface area contributed by atoms with Crippen LogP contribution in [0.5, 0.6) is 11.8 Å². The van der Waals surface area contributed by atoms with Crippen LogP contribution in [0.3, 0.4) is 0 Å². The molecule has 21 heteroatoms. The number of carbonyl (C=O) groups is 4. The first-order chi connectivity index (χ1) is 37.1. The first-order valence-electron chi connectivity index (χ1n) is 27.3. The Morgan fingerprint density at radius 1 is 0.896 bits per heavy atom. The number of benzene rings is 2. The summed E-state index contributed by atoms with van der Waals surface area (Å²) in [6, 6.07) is 8.59. The molecule has 0 bridgehead atoms. The van der Waals surface area contributed by atoms with E-state index in [2.05, 4.69) is 35.3 Å². The summed E-state index contributed by atoms with van der Waals surface area (Å²) < 4.78 is 45.0. The molecule has 0 aliphatic carbocycles. The normalized spacial score (nSPS) is 24.6. The summed E-state index contributed by atoms with van der Waals surface area (Å²) in [5.74, 6) is -1.71. The number of phenols is 1. The molecule has 4 amide bonds. The van der Waals surface area contributed by atoms with Crippen molar-refractivity contribution >= 4 is 57.0 Å². The standard InChI is InChI=1S/C56H67F2N11O8/c1-3-39-42(57)8-6-35-26-38(70)27-40(46(35)39)48-47(58)49-41(29-60-48)50(68-18-4-15-55(2,75)32-68)64-53(63-49)77-33-56-16-5-19-69(56)37(12-17-56)31-76-54(74)67-24-22-65(23-25-67)30-34-13-20-66(21-14-34)36-7-9-43(59-28-36)51(72)61-44-10-11-45(71)62-52(44)73/h6-9,26-29,34,37,44,70,75H,3-5,10-25,30-33H2,1-2H3,(H,61,72)(H,62,71,73)/t37-,44?,55-,56?/m1/s1. The lowest BCUT2D eigenvalue weighted by atomic mass is 9.94. The highest BCUT2D eigenvalue weighted by molar-refractivity contribution is 6.04. The van der Waals surface area contributed by atoms with Gasteiger partial charge in [0.05, 0.1) is 28.4 Å². The average molecular weight is 1060 g/mol. The summed E-state index contributed by atoms with van der Waals surface area (Å²) >= 11 is 0. The number of carbonyl (C=O) groups excluding carboxylic acids is 4. The second-order valence-electron chi connectivity index (χ2n) is 22.2. The Bertz CT molecular complexity index is 3080. The number of halogens is 2. The molecule has 408 valence electrons. The van der Waals surface area contributed by atoms with Crippen LogP contribution >= 0.6 is 0 Å². The number of hydrogen-bond acceptors (Lipinski definition) is 16. The maximum atomic E-state index is 17.2. The van der Waals surface area contributed by atoms with Crippen molar-refractivity contribution in [2.75, 3.05) is 88.5 Å². The number of phenolic OH excluding ortho intramolecular Hbond substituents is 1. The number of ether oxygens (including phenoxy) is 2. The Balaban J connectivity index is 0.689. The van der Waals surface area contributed by atoms with E-state index in [1.54, 1.807) is 30.2 Å². The van der Waals surface area contributed by atoms with Gasteiger partial charge in [-0.1, -0.05) is 13.0 Å². The van der Waals surface area contributed by atoms with E-state index in [9.17, 15) is 29.4 Å². The Morgan fingerprint density at radius 2 is 1.70 bits per heavy atom. The van der Waals surface area contributed by atoms with Gasteiger partial charge < -0.3 is 39.7 Å². The number of piperidine rings is 3. The predicted octanol–water partition coefficient (Wildman–Crippen LogP) is 5.72. The van der Waals surface area contributed by atoms with Crippen molar-refractivity contribution in [3.05, 3.63) is 71.7 Å². The lowest BCUT2D eigenvalue weighted by molar-refractivity contribution is -0.134. The molecule has 6 aliphatic rings. The van der Waals surface area contributed by atoms with E-state index >= 15 is 8.78 Å². The minimum Gasteiger partial charge on any atom is -0.508 e. The minimum absolute atomic E-state index is 0.000107. The molecule has 0 radical (unpaired) electrons. The Morgan fingerprint density at radius 3 is 2.45 bits per heavy atom. The number of aliphatic hydroxyl groups is 1. The summed E-state index contributed by atoms with van der Waals surface area (Å²) in [4.78, 5) is 79.2. The van der Waals surface area contributed by atoms with Crippen LogP contribution in [0.15, 0.2) is 48.8 Å². The van der Waals surface area contributed by atoms with Crippen LogP contribution in [-0.4, -0.2) is 171 Å². The first-order valence-corrected chi connectivity index (χ1v) is 27.3. The van der Waals surface area contributed by atoms with E-state index in [0.717, 1.165) is 83.5 Å². The number of rotatable bonds is 13. The Hall–Kier alpha value is -6.84. The second kappa shape index (κ2) is 21.5. The highest BCUT2D eigenvalue weighted by Crippen LogP contribution is 2.44. The highest BCUT2D eigenvalue weighted by atomic mass is 19.1. The van der Waals surface area contributed by atoms with Gasteiger partial charge in [-0.15, -0.1) is 0 Å². The lowest BCUT2D eigenvalue weighted by Crippen LogP contribution is -2.52. The summed E-state index contributed by atoms with van der Waals surface area (Å²) in [7, 11) is 0. The predicted molar refractivity (Wildman–Crippen MR) is 283 cm³/mol. The number of fused-ring (bicyclic) bond motifs is 3. The second-order valence-corrected chi connectivity index (χ2v) is 22.2. The summed E-state index contributed by atoms with van der Waals surface area (Å²) in [6.07, 6.45) is 10.4. The molecule has 9 heterocycles. The third kappa shape index (κ3) is 10.8. The topological polar surface area (TPSA) is 219 Å². The minimum atomic E-state index is -1.00. The molecule has 6 aliphatic heterocycles. The maximum Gasteiger partial charge on any atom is 0.409 e. The molecule has 5 aromatic rings. The zero-order chi connectivity index (χ0) is 53.6. The number of aromatic nitrogens is 4. The third-order valence-electron chi connectivity index (χ3n) is 16.9. The van der Waals surface area contributed by atoms with Gasteiger partial charge in [-0.3, -0.25) is 34.5 Å². The number of piperazine rings is 1. The number of nitrogens with one attached hydrogen (secondary N) is 2. The van der Waals surface area contributed by atoms with E-state index < -0.39 is 35.1 Å². The van der Waals surface area contributed by atoms with Gasteiger partial charge in [-0.25, -0.2) is 18.6 Å². The summed E-state index contributed by atoms with van der Waals surface area (Å²) in [5.41, 5.74) is 0.270. The number of imide groups is 1. The number of aryl methyl sites for hydroxylation is 1. The van der Waals surface area contributed by atoms with Crippen molar-refractivity contribution < 1.29 is 47.6 Å². The van der Waals surface area contributed by atoms with Crippen molar-refractivity contribution in [2.24, 2.45) is 5.92 Å². The average Bonchev–Trinajstić information content (AvgIpc) is 4.08. The molecule has 77 heavy (non-hydrogen) atoms. The van der Waals surface area contributed by atoms with Crippen LogP contribution in [0, 0.1) is 17.6 Å². The van der Waals surface area contributed by atoms with Crippen LogP contribution in [0.1, 0.15) is 94.1 Å². The number of β-amino-alcohol motifs (C(OH)–C–C–N with tert-alkyl or cyclic N) is 1. The smallest absolute Gasteiger partial charge is 0.409 e. The van der Waals surface area contributed by atoms with E-state index in [1.165, 1.54) is 24.4 Å². The molecule has 6 saturated heterocycles. The monoisotopic (exact) mass is 1060 g/mol. The number of amides is 4. The fourth-order valence-electron chi connectivity index (χ4n) is 12.8. The molecule has 0 saturated carbocycles. The zero-order valence-corrected chi connectivity index (χ0v) is 43.7. The molecule has 4 N–H and O–H groups in total. The van der Waals surface area contributed by atoms with E-state index in [0.29, 0.717) is 72.4 Å². The molecule has 11 rings (SSSR count). The van der Waals surface area contributed by atoms with Gasteiger partial charge in [0.2, 0.25) is 11.8 Å². The fraction of sp³-hybridized carbons (Fsp3) is 0.536. The Labute approximate surface area is 445 Å². The van der Waals surface area contributed by atoms with Gasteiger partial charge in [0, 0.05) is 83.1 Å². The van der Waals surface area contributed by atoms with Gasteiger partial charge in [0.25, 0.3) is 5.91 Å². The van der Waals surface area contributed by atoms with Crippen molar-refractivity contribution in [3.63, 3.8) is 0 Å². The largest absolute Gasteiger partial charge is 0.508 e. The van der Waals surface area contributed by atoms with Gasteiger partial charge in [-0.05, 0) is 130 Å². The van der Waals surface area contributed by atoms with Crippen molar-refractivity contribution in [3.8, 4) is 23.0 Å². The molecule has 6 fully saturated rings. The molecule has 0 spiro atoms. The van der Waals surface area contributed by atoms with E-state index in [-0.39, 0.29) is 90.4 Å². The fourth-order valence-corrected chi connectivity index (χ4v) is 12.8. The van der Waals surface area contributed by atoms with Crippen LogP contribution in [-0.2, 0) is 20.7 Å². The van der Waals surface area contributed by atoms with Crippen LogP contribution < -0.4 is 25.2 Å². The number of pyridine rings is 2. The van der Waals surface area contributed by atoms with E-state index in [1.807, 2.05) is 17.9 Å². The number of anilines is 2. The number of hydrogen-bond donors (Lipinski definition) is 4. The summed E-state index contributed by atoms with van der Waals surface area (Å²) in [5, 5.41) is 28.2. The van der Waals surface area contributed by atoms with Crippen LogP contribution in [0.2, 0.25) is 0 Å². The van der Waals surface area contributed by atoms with Crippen LogP contribution in [0.25, 0.3) is 32.9 Å². The summed E-state index contributed by atoms with van der Waals surface area (Å²) in [6.45, 7) is 11.1. The van der Waals surface area contributed by atoms with Crippen molar-refractivity contribution in [1.29, 1.82) is 0 Å². The molecule has 3 aromatic heterocycles.